The first-order valence-corrected chi connectivity index (χ1v) is 6.89. The predicted molar refractivity (Wildman–Crippen MR) is 74.7 cm³/mol. The van der Waals surface area contributed by atoms with Gasteiger partial charge in [0.1, 0.15) is 5.75 Å². The van der Waals surface area contributed by atoms with Crippen LogP contribution < -0.4 is 10.5 Å². The maximum atomic E-state index is 5.79. The standard InChI is InChI=1S/C15H24N2O/c1-17(12-13-7-8-13)9-4-10-18-15-6-3-2-5-14(15)11-16/h2-3,5-6,13H,4,7-12,16H2,1H3. The van der Waals surface area contributed by atoms with Crippen LogP contribution in [0.2, 0.25) is 0 Å². The molecule has 0 radical (unpaired) electrons. The third kappa shape index (κ3) is 4.31. The third-order valence-corrected chi connectivity index (χ3v) is 3.40. The second-order valence-corrected chi connectivity index (χ2v) is 5.22. The van der Waals surface area contributed by atoms with Gasteiger partial charge in [0, 0.05) is 25.2 Å². The normalized spacial score (nSPS) is 15.1. The van der Waals surface area contributed by atoms with Gasteiger partial charge in [-0.3, -0.25) is 0 Å². The van der Waals surface area contributed by atoms with Crippen molar-refractivity contribution in [3.05, 3.63) is 29.8 Å². The second kappa shape index (κ2) is 6.76. The smallest absolute Gasteiger partial charge is 0.123 e. The van der Waals surface area contributed by atoms with Gasteiger partial charge >= 0.3 is 0 Å². The molecular weight excluding hydrogens is 224 g/mol. The van der Waals surface area contributed by atoms with E-state index in [1.807, 2.05) is 24.3 Å². The molecule has 0 amide bonds. The molecule has 1 aromatic rings. The van der Waals surface area contributed by atoms with Crippen LogP contribution >= 0.6 is 0 Å². The molecule has 1 saturated carbocycles. The largest absolute Gasteiger partial charge is 0.493 e. The van der Waals surface area contributed by atoms with E-state index in [-0.39, 0.29) is 0 Å². The number of nitrogens with zero attached hydrogens (tertiary/aromatic N) is 1. The molecule has 0 atom stereocenters. The molecule has 100 valence electrons. The Bertz CT molecular complexity index is 363. The van der Waals surface area contributed by atoms with Gasteiger partial charge in [-0.05, 0) is 38.3 Å². The Balaban J connectivity index is 1.64. The van der Waals surface area contributed by atoms with Gasteiger partial charge in [-0.2, -0.15) is 0 Å². The van der Waals surface area contributed by atoms with E-state index in [4.69, 9.17) is 10.5 Å². The van der Waals surface area contributed by atoms with E-state index < -0.39 is 0 Å². The summed E-state index contributed by atoms with van der Waals surface area (Å²) in [7, 11) is 2.20. The van der Waals surface area contributed by atoms with Crippen LogP contribution in [0.3, 0.4) is 0 Å². The van der Waals surface area contributed by atoms with E-state index >= 15 is 0 Å². The molecule has 0 bridgehead atoms. The summed E-state index contributed by atoms with van der Waals surface area (Å²) in [5.41, 5.74) is 6.76. The van der Waals surface area contributed by atoms with Gasteiger partial charge in [-0.15, -0.1) is 0 Å². The van der Waals surface area contributed by atoms with Crippen molar-refractivity contribution in [2.24, 2.45) is 11.7 Å². The molecule has 2 rings (SSSR count). The van der Waals surface area contributed by atoms with E-state index in [1.54, 1.807) is 0 Å². The molecule has 18 heavy (non-hydrogen) atoms. The van der Waals surface area contributed by atoms with Crippen LogP contribution in [0.5, 0.6) is 5.75 Å². The van der Waals surface area contributed by atoms with Gasteiger partial charge in [0.2, 0.25) is 0 Å². The summed E-state index contributed by atoms with van der Waals surface area (Å²) in [6.45, 7) is 3.67. The number of ether oxygens (including phenoxy) is 1. The number of para-hydroxylation sites is 1. The third-order valence-electron chi connectivity index (χ3n) is 3.40. The maximum Gasteiger partial charge on any atom is 0.123 e. The van der Waals surface area contributed by atoms with Crippen LogP contribution in [0.25, 0.3) is 0 Å². The van der Waals surface area contributed by atoms with Crippen molar-refractivity contribution in [1.82, 2.24) is 4.90 Å². The van der Waals surface area contributed by atoms with E-state index in [0.29, 0.717) is 6.54 Å². The minimum atomic E-state index is 0.539. The summed E-state index contributed by atoms with van der Waals surface area (Å²) in [6.07, 6.45) is 3.91. The molecule has 0 saturated heterocycles. The highest BCUT2D eigenvalue weighted by Crippen LogP contribution is 2.29. The van der Waals surface area contributed by atoms with Crippen LogP contribution in [0.4, 0.5) is 0 Å². The number of rotatable bonds is 8. The highest BCUT2D eigenvalue weighted by atomic mass is 16.5. The Hall–Kier alpha value is -1.06. The number of nitrogens with two attached hydrogens (primary N) is 1. The lowest BCUT2D eigenvalue weighted by Gasteiger charge is -2.16. The molecule has 0 heterocycles. The lowest BCUT2D eigenvalue weighted by atomic mass is 10.2. The minimum Gasteiger partial charge on any atom is -0.493 e. The second-order valence-electron chi connectivity index (χ2n) is 5.22. The van der Waals surface area contributed by atoms with Crippen molar-refractivity contribution < 1.29 is 4.74 Å². The van der Waals surface area contributed by atoms with Crippen LogP contribution in [0.15, 0.2) is 24.3 Å². The summed E-state index contributed by atoms with van der Waals surface area (Å²) in [6, 6.07) is 8.01. The summed E-state index contributed by atoms with van der Waals surface area (Å²) in [5.74, 6) is 1.90. The van der Waals surface area contributed by atoms with Crippen LogP contribution in [0.1, 0.15) is 24.8 Å². The Morgan fingerprint density at radius 1 is 1.33 bits per heavy atom. The first kappa shape index (κ1) is 13.4. The lowest BCUT2D eigenvalue weighted by Crippen LogP contribution is -2.23. The molecule has 2 N–H and O–H groups in total. The van der Waals surface area contributed by atoms with E-state index in [0.717, 1.165) is 36.8 Å². The number of hydrogen-bond acceptors (Lipinski definition) is 3. The minimum absolute atomic E-state index is 0.539. The molecule has 0 aromatic heterocycles. The van der Waals surface area contributed by atoms with Crippen LogP contribution in [-0.2, 0) is 6.54 Å². The molecule has 3 heteroatoms. The van der Waals surface area contributed by atoms with Crippen LogP contribution in [0, 0.1) is 5.92 Å². The Morgan fingerprint density at radius 3 is 2.83 bits per heavy atom. The zero-order chi connectivity index (χ0) is 12.8. The van der Waals surface area contributed by atoms with Crippen molar-refractivity contribution in [3.63, 3.8) is 0 Å². The average molecular weight is 248 g/mol. The van der Waals surface area contributed by atoms with E-state index in [9.17, 15) is 0 Å². The molecule has 0 spiro atoms. The van der Waals surface area contributed by atoms with Crippen molar-refractivity contribution >= 4 is 0 Å². The van der Waals surface area contributed by atoms with Gasteiger partial charge in [-0.25, -0.2) is 0 Å². The van der Waals surface area contributed by atoms with Crippen molar-refractivity contribution in [2.45, 2.75) is 25.8 Å². The first-order valence-electron chi connectivity index (χ1n) is 6.89. The lowest BCUT2D eigenvalue weighted by molar-refractivity contribution is 0.256. The highest BCUT2D eigenvalue weighted by Gasteiger charge is 2.22. The Morgan fingerprint density at radius 2 is 2.11 bits per heavy atom. The molecular formula is C15H24N2O. The van der Waals surface area contributed by atoms with Crippen molar-refractivity contribution in [2.75, 3.05) is 26.7 Å². The number of hydrogen-bond donors (Lipinski definition) is 1. The number of benzene rings is 1. The monoisotopic (exact) mass is 248 g/mol. The maximum absolute atomic E-state index is 5.79. The quantitative estimate of drug-likeness (QED) is 0.717. The predicted octanol–water partition coefficient (Wildman–Crippen LogP) is 2.26. The van der Waals surface area contributed by atoms with Gasteiger partial charge in [0.05, 0.1) is 6.61 Å². The Kier molecular flexibility index (Phi) is 5.02. The molecule has 1 aromatic carbocycles. The average Bonchev–Trinajstić information content (AvgIpc) is 3.19. The van der Waals surface area contributed by atoms with E-state index in [1.165, 1.54) is 19.4 Å². The molecule has 1 fully saturated rings. The summed E-state index contributed by atoms with van der Waals surface area (Å²) in [5, 5.41) is 0. The van der Waals surface area contributed by atoms with Crippen molar-refractivity contribution in [3.8, 4) is 5.75 Å². The topological polar surface area (TPSA) is 38.5 Å². The highest BCUT2D eigenvalue weighted by molar-refractivity contribution is 5.32. The van der Waals surface area contributed by atoms with Crippen molar-refractivity contribution in [1.29, 1.82) is 0 Å². The first-order chi connectivity index (χ1) is 8.79. The molecule has 1 aliphatic rings. The van der Waals surface area contributed by atoms with Gasteiger partial charge in [0.25, 0.3) is 0 Å². The summed E-state index contributed by atoms with van der Waals surface area (Å²) >= 11 is 0. The fourth-order valence-corrected chi connectivity index (χ4v) is 2.16. The summed E-state index contributed by atoms with van der Waals surface area (Å²) in [4.78, 5) is 2.41. The molecule has 1 aliphatic carbocycles. The zero-order valence-electron chi connectivity index (χ0n) is 11.3. The SMILES string of the molecule is CN(CCCOc1ccccc1CN)CC1CC1. The van der Waals surface area contributed by atoms with Gasteiger partial charge in [-0.1, -0.05) is 18.2 Å². The van der Waals surface area contributed by atoms with Gasteiger partial charge in [0.15, 0.2) is 0 Å². The van der Waals surface area contributed by atoms with Crippen LogP contribution in [-0.4, -0.2) is 31.6 Å². The van der Waals surface area contributed by atoms with Gasteiger partial charge < -0.3 is 15.4 Å². The Labute approximate surface area is 110 Å². The van der Waals surface area contributed by atoms with E-state index in [2.05, 4.69) is 11.9 Å². The fraction of sp³-hybridized carbons (Fsp3) is 0.600. The molecule has 3 nitrogen and oxygen atoms in total. The fourth-order valence-electron chi connectivity index (χ4n) is 2.16. The molecule has 0 unspecified atom stereocenters. The molecule has 0 aliphatic heterocycles. The summed E-state index contributed by atoms with van der Waals surface area (Å²) < 4.78 is 5.79. The zero-order valence-corrected chi connectivity index (χ0v) is 11.3.